The first-order valence-electron chi connectivity index (χ1n) is 7.73. The minimum atomic E-state index is -0.776. The van der Waals surface area contributed by atoms with Crippen molar-refractivity contribution in [3.8, 4) is 11.5 Å². The van der Waals surface area contributed by atoms with E-state index in [0.717, 1.165) is 5.56 Å². The van der Waals surface area contributed by atoms with Gasteiger partial charge in [0.25, 0.3) is 0 Å². The molecule has 2 rings (SSSR count). The van der Waals surface area contributed by atoms with Gasteiger partial charge in [0, 0.05) is 6.54 Å². The number of para-hydroxylation sites is 2. The number of halogens is 2. The molecule has 0 fully saturated rings. The summed E-state index contributed by atoms with van der Waals surface area (Å²) in [6.45, 7) is 2.79. The number of hydrogen-bond acceptors (Lipinski definition) is 4. The zero-order valence-electron chi connectivity index (χ0n) is 13.6. The quantitative estimate of drug-likeness (QED) is 0.735. The summed E-state index contributed by atoms with van der Waals surface area (Å²) >= 11 is 12.1. The van der Waals surface area contributed by atoms with Gasteiger partial charge in [0.2, 0.25) is 0 Å². The predicted octanol–water partition coefficient (Wildman–Crippen LogP) is 4.09. The van der Waals surface area contributed by atoms with Crippen molar-refractivity contribution >= 4 is 23.2 Å². The van der Waals surface area contributed by atoms with Crippen molar-refractivity contribution in [2.24, 2.45) is 0 Å². The Morgan fingerprint density at radius 3 is 2.42 bits per heavy atom. The maximum absolute atomic E-state index is 10.5. The molecular formula is C18H21Cl2NO3. The molecule has 0 bridgehead atoms. The Hall–Kier alpha value is -1.46. The van der Waals surface area contributed by atoms with Crippen LogP contribution >= 0.6 is 23.2 Å². The Morgan fingerprint density at radius 2 is 1.79 bits per heavy atom. The van der Waals surface area contributed by atoms with E-state index in [9.17, 15) is 5.11 Å². The lowest BCUT2D eigenvalue weighted by atomic mass is 10.0. The lowest BCUT2D eigenvalue weighted by molar-refractivity contribution is 0.0351. The smallest absolute Gasteiger partial charge is 0.162 e. The molecule has 0 amide bonds. The molecule has 2 N–H and O–H groups in total. The van der Waals surface area contributed by atoms with Crippen LogP contribution in [-0.4, -0.2) is 31.4 Å². The Bertz CT molecular complexity index is 666. The summed E-state index contributed by atoms with van der Waals surface area (Å²) < 4.78 is 11.7. The minimum Gasteiger partial charge on any atom is -0.490 e. The van der Waals surface area contributed by atoms with Crippen LogP contribution in [0, 0.1) is 0 Å². The van der Waals surface area contributed by atoms with Crippen LogP contribution in [0.25, 0.3) is 0 Å². The highest BCUT2D eigenvalue weighted by atomic mass is 35.5. The normalized spacial score (nSPS) is 13.4. The molecule has 0 aliphatic rings. The number of aliphatic hydroxyl groups excluding tert-OH is 1. The fourth-order valence-corrected chi connectivity index (χ4v) is 2.64. The van der Waals surface area contributed by atoms with Gasteiger partial charge in [-0.15, -0.1) is 0 Å². The second-order valence-corrected chi connectivity index (χ2v) is 6.03. The Morgan fingerprint density at radius 1 is 1.08 bits per heavy atom. The summed E-state index contributed by atoms with van der Waals surface area (Å²) in [5, 5.41) is 14.3. The van der Waals surface area contributed by atoms with Crippen molar-refractivity contribution in [1.29, 1.82) is 0 Å². The molecule has 0 aromatic heterocycles. The monoisotopic (exact) mass is 369 g/mol. The van der Waals surface area contributed by atoms with Gasteiger partial charge in [-0.05, 0) is 43.8 Å². The van der Waals surface area contributed by atoms with Crippen molar-refractivity contribution in [3.05, 3.63) is 58.1 Å². The van der Waals surface area contributed by atoms with Crippen LogP contribution in [0.15, 0.2) is 42.5 Å². The zero-order chi connectivity index (χ0) is 17.5. The average Bonchev–Trinajstić information content (AvgIpc) is 2.57. The molecular weight excluding hydrogens is 349 g/mol. The molecule has 2 aromatic carbocycles. The standard InChI is InChI=1S/C18H21Cl2NO3/c1-3-23-16-6-4-5-7-17(16)24-18(15(22)11-21-2)12-8-9-13(19)14(20)10-12/h4-10,15,18,21-22H,3,11H2,1-2H3. The van der Waals surface area contributed by atoms with Gasteiger partial charge >= 0.3 is 0 Å². The van der Waals surface area contributed by atoms with E-state index < -0.39 is 12.2 Å². The summed E-state index contributed by atoms with van der Waals surface area (Å²) in [6, 6.07) is 12.6. The SMILES string of the molecule is CCOc1ccccc1OC(c1ccc(Cl)c(Cl)c1)C(O)CNC. The van der Waals surface area contributed by atoms with Crippen molar-refractivity contribution in [1.82, 2.24) is 5.32 Å². The average molecular weight is 370 g/mol. The highest BCUT2D eigenvalue weighted by Gasteiger charge is 2.24. The molecule has 0 heterocycles. The van der Waals surface area contributed by atoms with Crippen molar-refractivity contribution in [2.75, 3.05) is 20.2 Å². The molecule has 0 aliphatic carbocycles. The van der Waals surface area contributed by atoms with Gasteiger partial charge in [-0.25, -0.2) is 0 Å². The van der Waals surface area contributed by atoms with E-state index in [1.54, 1.807) is 25.2 Å². The largest absolute Gasteiger partial charge is 0.490 e. The predicted molar refractivity (Wildman–Crippen MR) is 97.4 cm³/mol. The van der Waals surface area contributed by atoms with Crippen LogP contribution in [0.5, 0.6) is 11.5 Å². The Balaban J connectivity index is 2.34. The maximum Gasteiger partial charge on any atom is 0.162 e. The van der Waals surface area contributed by atoms with E-state index in [4.69, 9.17) is 32.7 Å². The second kappa shape index (κ2) is 9.14. The number of benzene rings is 2. The van der Waals surface area contributed by atoms with Gasteiger partial charge in [0.05, 0.1) is 16.7 Å². The van der Waals surface area contributed by atoms with Gasteiger partial charge in [-0.1, -0.05) is 41.4 Å². The van der Waals surface area contributed by atoms with Gasteiger partial charge in [-0.3, -0.25) is 0 Å². The first-order chi connectivity index (χ1) is 11.6. The molecule has 2 aromatic rings. The van der Waals surface area contributed by atoms with Gasteiger partial charge in [0.1, 0.15) is 6.10 Å². The minimum absolute atomic E-state index is 0.363. The van der Waals surface area contributed by atoms with Crippen molar-refractivity contribution < 1.29 is 14.6 Å². The highest BCUT2D eigenvalue weighted by molar-refractivity contribution is 6.42. The molecule has 0 radical (unpaired) electrons. The number of nitrogens with one attached hydrogen (secondary N) is 1. The van der Waals surface area contributed by atoms with E-state index in [1.807, 2.05) is 31.2 Å². The van der Waals surface area contributed by atoms with E-state index in [0.29, 0.717) is 34.7 Å². The number of hydrogen-bond donors (Lipinski definition) is 2. The number of ether oxygens (including phenoxy) is 2. The summed E-state index contributed by atoms with van der Waals surface area (Å²) in [4.78, 5) is 0. The topological polar surface area (TPSA) is 50.7 Å². The van der Waals surface area contributed by atoms with Crippen LogP contribution < -0.4 is 14.8 Å². The molecule has 2 unspecified atom stereocenters. The van der Waals surface area contributed by atoms with E-state index in [-0.39, 0.29) is 0 Å². The van der Waals surface area contributed by atoms with Gasteiger partial charge < -0.3 is 19.9 Å². The first-order valence-corrected chi connectivity index (χ1v) is 8.48. The fourth-order valence-electron chi connectivity index (χ4n) is 2.33. The lowest BCUT2D eigenvalue weighted by Gasteiger charge is -2.26. The molecule has 24 heavy (non-hydrogen) atoms. The van der Waals surface area contributed by atoms with Crippen LogP contribution in [0.1, 0.15) is 18.6 Å². The Labute approximate surface area is 152 Å². The highest BCUT2D eigenvalue weighted by Crippen LogP contribution is 2.34. The second-order valence-electron chi connectivity index (χ2n) is 5.22. The fraction of sp³-hybridized carbons (Fsp3) is 0.333. The molecule has 0 saturated carbocycles. The van der Waals surface area contributed by atoms with Crippen LogP contribution in [0.3, 0.4) is 0 Å². The number of aliphatic hydroxyl groups is 1. The van der Waals surface area contributed by atoms with Gasteiger partial charge in [0.15, 0.2) is 17.6 Å². The lowest BCUT2D eigenvalue weighted by Crippen LogP contribution is -2.32. The van der Waals surface area contributed by atoms with Crippen LogP contribution in [0.2, 0.25) is 10.0 Å². The van der Waals surface area contributed by atoms with E-state index in [2.05, 4.69) is 5.32 Å². The third kappa shape index (κ3) is 4.77. The molecule has 0 aliphatic heterocycles. The summed E-state index contributed by atoms with van der Waals surface area (Å²) in [5.74, 6) is 1.19. The Kier molecular flexibility index (Phi) is 7.18. The third-order valence-corrected chi connectivity index (χ3v) is 4.18. The molecule has 130 valence electrons. The molecule has 0 saturated heterocycles. The molecule has 4 nitrogen and oxygen atoms in total. The maximum atomic E-state index is 10.5. The number of likely N-dealkylation sites (N-methyl/N-ethyl adjacent to an activating group) is 1. The zero-order valence-corrected chi connectivity index (χ0v) is 15.1. The van der Waals surface area contributed by atoms with Gasteiger partial charge in [-0.2, -0.15) is 0 Å². The van der Waals surface area contributed by atoms with Crippen LogP contribution in [0.4, 0.5) is 0 Å². The first kappa shape index (κ1) is 18.9. The summed E-state index contributed by atoms with van der Waals surface area (Å²) in [6.07, 6.45) is -1.39. The number of rotatable bonds is 8. The molecule has 6 heteroatoms. The summed E-state index contributed by atoms with van der Waals surface area (Å²) in [5.41, 5.74) is 0.735. The van der Waals surface area contributed by atoms with E-state index >= 15 is 0 Å². The molecule has 0 spiro atoms. The van der Waals surface area contributed by atoms with Crippen LogP contribution in [-0.2, 0) is 0 Å². The van der Waals surface area contributed by atoms with Crippen molar-refractivity contribution in [3.63, 3.8) is 0 Å². The third-order valence-electron chi connectivity index (χ3n) is 3.44. The van der Waals surface area contributed by atoms with Crippen molar-refractivity contribution in [2.45, 2.75) is 19.1 Å². The molecule has 2 atom stereocenters. The van der Waals surface area contributed by atoms with E-state index in [1.165, 1.54) is 0 Å². The summed E-state index contributed by atoms with van der Waals surface area (Å²) in [7, 11) is 1.77.